The lowest BCUT2D eigenvalue weighted by molar-refractivity contribution is -0.105. The maximum atomic E-state index is 10.3. The van der Waals surface area contributed by atoms with Crippen LogP contribution in [0.5, 0.6) is 5.75 Å². The molecule has 0 unspecified atom stereocenters. The van der Waals surface area contributed by atoms with Gasteiger partial charge in [-0.25, -0.2) is 0 Å². The van der Waals surface area contributed by atoms with Crippen LogP contribution in [0.1, 0.15) is 0 Å². The first-order chi connectivity index (χ1) is 7.79. The number of hydrogen-bond acceptors (Lipinski definition) is 2. The van der Waals surface area contributed by atoms with Gasteiger partial charge in [-0.2, -0.15) is 0 Å². The highest BCUT2D eigenvalue weighted by atomic mass is 16.3. The molecule has 0 fully saturated rings. The molecule has 3 heteroatoms. The lowest BCUT2D eigenvalue weighted by atomic mass is 10.1. The van der Waals surface area contributed by atoms with Gasteiger partial charge >= 0.3 is 0 Å². The number of phenolic OH excluding ortho intramolecular Hbond substituents is 1. The van der Waals surface area contributed by atoms with Gasteiger partial charge in [-0.3, -0.25) is 4.79 Å². The molecule has 0 saturated carbocycles. The third-order valence-electron chi connectivity index (χ3n) is 2.29. The summed E-state index contributed by atoms with van der Waals surface area (Å²) in [6.45, 7) is 0. The number of rotatable bonds is 3. The molecule has 2 aromatic rings. The summed E-state index contributed by atoms with van der Waals surface area (Å²) in [5.41, 5.74) is 2.74. The smallest absolute Gasteiger partial charge is 0.211 e. The second kappa shape index (κ2) is 4.49. The van der Waals surface area contributed by atoms with E-state index in [9.17, 15) is 9.90 Å². The summed E-state index contributed by atoms with van der Waals surface area (Å²) in [4.78, 5) is 10.3. The molecular formula is C13H11NO2. The molecule has 0 heterocycles. The van der Waals surface area contributed by atoms with Crippen LogP contribution in [0.15, 0.2) is 48.5 Å². The standard InChI is InChI=1S/C13H11NO2/c15-9-14-12-3-1-2-11(8-12)10-4-6-13(16)7-5-10/h1-9,16H,(H,14,15). The minimum Gasteiger partial charge on any atom is -0.508 e. The van der Waals surface area contributed by atoms with Crippen molar-refractivity contribution in [2.75, 3.05) is 5.32 Å². The molecule has 0 aliphatic heterocycles. The Morgan fingerprint density at radius 2 is 1.75 bits per heavy atom. The van der Waals surface area contributed by atoms with Crippen molar-refractivity contribution in [3.05, 3.63) is 48.5 Å². The Morgan fingerprint density at radius 3 is 2.44 bits per heavy atom. The SMILES string of the molecule is O=CNc1cccc(-c2ccc(O)cc2)c1. The molecule has 0 bridgehead atoms. The van der Waals surface area contributed by atoms with Crippen molar-refractivity contribution in [3.63, 3.8) is 0 Å². The Kier molecular flexibility index (Phi) is 2.87. The Balaban J connectivity index is 2.36. The Labute approximate surface area is 93.4 Å². The number of amides is 1. The minimum absolute atomic E-state index is 0.242. The molecule has 2 rings (SSSR count). The summed E-state index contributed by atoms with van der Waals surface area (Å²) in [6, 6.07) is 14.4. The average Bonchev–Trinajstić information content (AvgIpc) is 2.31. The molecule has 80 valence electrons. The summed E-state index contributed by atoms with van der Waals surface area (Å²) in [5, 5.41) is 11.8. The number of aromatic hydroxyl groups is 1. The average molecular weight is 213 g/mol. The first kappa shape index (κ1) is 10.2. The van der Waals surface area contributed by atoms with Crippen LogP contribution in [0.25, 0.3) is 11.1 Å². The van der Waals surface area contributed by atoms with E-state index in [-0.39, 0.29) is 5.75 Å². The Bertz CT molecular complexity index is 492. The third kappa shape index (κ3) is 2.20. The number of phenols is 1. The third-order valence-corrected chi connectivity index (χ3v) is 2.29. The number of carbonyl (C=O) groups is 1. The van der Waals surface area contributed by atoms with Gasteiger partial charge in [0, 0.05) is 5.69 Å². The van der Waals surface area contributed by atoms with Crippen LogP contribution >= 0.6 is 0 Å². The van der Waals surface area contributed by atoms with E-state index in [1.165, 1.54) is 0 Å². The monoisotopic (exact) mass is 213 g/mol. The van der Waals surface area contributed by atoms with Crippen molar-refractivity contribution in [1.82, 2.24) is 0 Å². The predicted octanol–water partition coefficient (Wildman–Crippen LogP) is 2.63. The molecule has 0 aliphatic rings. The van der Waals surface area contributed by atoms with Crippen molar-refractivity contribution in [1.29, 1.82) is 0 Å². The Morgan fingerprint density at radius 1 is 1.00 bits per heavy atom. The maximum absolute atomic E-state index is 10.3. The highest BCUT2D eigenvalue weighted by Crippen LogP contribution is 2.24. The van der Waals surface area contributed by atoms with E-state index in [1.54, 1.807) is 12.1 Å². The van der Waals surface area contributed by atoms with Crippen molar-refractivity contribution in [2.24, 2.45) is 0 Å². The molecule has 0 aliphatic carbocycles. The maximum Gasteiger partial charge on any atom is 0.211 e. The van der Waals surface area contributed by atoms with E-state index < -0.39 is 0 Å². The quantitative estimate of drug-likeness (QED) is 0.770. The highest BCUT2D eigenvalue weighted by molar-refractivity contribution is 5.76. The number of hydrogen-bond donors (Lipinski definition) is 2. The number of nitrogens with one attached hydrogen (secondary N) is 1. The number of benzene rings is 2. The van der Waals surface area contributed by atoms with Crippen LogP contribution in [0.2, 0.25) is 0 Å². The number of carbonyl (C=O) groups excluding carboxylic acids is 1. The van der Waals surface area contributed by atoms with Crippen LogP contribution < -0.4 is 5.32 Å². The van der Waals surface area contributed by atoms with Gasteiger partial charge in [-0.15, -0.1) is 0 Å². The van der Waals surface area contributed by atoms with E-state index in [4.69, 9.17) is 0 Å². The Hall–Kier alpha value is -2.29. The molecule has 0 saturated heterocycles. The summed E-state index contributed by atoms with van der Waals surface area (Å²) in [7, 11) is 0. The fraction of sp³-hybridized carbons (Fsp3) is 0. The van der Waals surface area contributed by atoms with Crippen molar-refractivity contribution in [3.8, 4) is 16.9 Å². The lowest BCUT2D eigenvalue weighted by Gasteiger charge is -2.04. The van der Waals surface area contributed by atoms with Crippen molar-refractivity contribution in [2.45, 2.75) is 0 Å². The van der Waals surface area contributed by atoms with E-state index in [2.05, 4.69) is 5.32 Å². The zero-order valence-corrected chi connectivity index (χ0v) is 8.55. The van der Waals surface area contributed by atoms with Crippen LogP contribution in [0.3, 0.4) is 0 Å². The molecule has 0 radical (unpaired) electrons. The zero-order valence-electron chi connectivity index (χ0n) is 8.55. The van der Waals surface area contributed by atoms with E-state index >= 15 is 0 Å². The summed E-state index contributed by atoms with van der Waals surface area (Å²) >= 11 is 0. The van der Waals surface area contributed by atoms with Crippen molar-refractivity contribution >= 4 is 12.1 Å². The van der Waals surface area contributed by atoms with Gasteiger partial charge in [0.2, 0.25) is 6.41 Å². The lowest BCUT2D eigenvalue weighted by Crippen LogP contribution is -1.93. The number of anilines is 1. The fourth-order valence-corrected chi connectivity index (χ4v) is 1.51. The first-order valence-corrected chi connectivity index (χ1v) is 4.89. The predicted molar refractivity (Wildman–Crippen MR) is 63.2 cm³/mol. The molecular weight excluding hydrogens is 202 g/mol. The van der Waals surface area contributed by atoms with E-state index in [1.807, 2.05) is 36.4 Å². The molecule has 3 nitrogen and oxygen atoms in total. The first-order valence-electron chi connectivity index (χ1n) is 4.89. The molecule has 2 aromatic carbocycles. The van der Waals surface area contributed by atoms with Gasteiger partial charge in [-0.1, -0.05) is 24.3 Å². The summed E-state index contributed by atoms with van der Waals surface area (Å²) < 4.78 is 0. The molecule has 1 amide bonds. The molecule has 16 heavy (non-hydrogen) atoms. The van der Waals surface area contributed by atoms with Crippen LogP contribution in [0.4, 0.5) is 5.69 Å². The zero-order chi connectivity index (χ0) is 11.4. The largest absolute Gasteiger partial charge is 0.508 e. The van der Waals surface area contributed by atoms with E-state index in [0.29, 0.717) is 6.41 Å². The van der Waals surface area contributed by atoms with E-state index in [0.717, 1.165) is 16.8 Å². The molecule has 0 atom stereocenters. The molecule has 0 aromatic heterocycles. The van der Waals surface area contributed by atoms with Gasteiger partial charge in [0.05, 0.1) is 0 Å². The minimum atomic E-state index is 0.242. The van der Waals surface area contributed by atoms with Crippen molar-refractivity contribution < 1.29 is 9.90 Å². The van der Waals surface area contributed by atoms with Crippen LogP contribution in [0, 0.1) is 0 Å². The molecule has 0 spiro atoms. The van der Waals surface area contributed by atoms with Gasteiger partial charge in [0.1, 0.15) is 5.75 Å². The van der Waals surface area contributed by atoms with Gasteiger partial charge in [-0.05, 0) is 35.4 Å². The second-order valence-electron chi connectivity index (χ2n) is 3.39. The van der Waals surface area contributed by atoms with Gasteiger partial charge in [0.25, 0.3) is 0 Å². The van der Waals surface area contributed by atoms with Crippen LogP contribution in [-0.2, 0) is 4.79 Å². The fourth-order valence-electron chi connectivity index (χ4n) is 1.51. The second-order valence-corrected chi connectivity index (χ2v) is 3.39. The normalized spacial score (nSPS) is 9.75. The highest BCUT2D eigenvalue weighted by Gasteiger charge is 1.98. The summed E-state index contributed by atoms with van der Waals surface area (Å²) in [5.74, 6) is 0.242. The summed E-state index contributed by atoms with van der Waals surface area (Å²) in [6.07, 6.45) is 0.649. The van der Waals surface area contributed by atoms with Gasteiger partial charge < -0.3 is 10.4 Å². The van der Waals surface area contributed by atoms with Gasteiger partial charge in [0.15, 0.2) is 0 Å². The van der Waals surface area contributed by atoms with Crippen LogP contribution in [-0.4, -0.2) is 11.5 Å². The topological polar surface area (TPSA) is 49.3 Å². The molecule has 2 N–H and O–H groups in total.